The highest BCUT2D eigenvalue weighted by Gasteiger charge is 1.99. The van der Waals surface area contributed by atoms with Gasteiger partial charge in [-0.3, -0.25) is 4.98 Å². The van der Waals surface area contributed by atoms with Crippen molar-refractivity contribution in [2.24, 2.45) is 0 Å². The normalized spacial score (nSPS) is 9.89. The topological polar surface area (TPSA) is 17.8 Å². The lowest BCUT2D eigenvalue weighted by atomic mass is 10.00. The largest absolute Gasteiger partial charge is 0.406 e. The fourth-order valence-corrected chi connectivity index (χ4v) is 0.581. The molecule has 0 N–H and O–H groups in total. The van der Waals surface area contributed by atoms with Crippen molar-refractivity contribution in [3.05, 3.63) is 5.69 Å². The molecule has 0 saturated carbocycles. The lowest BCUT2D eigenvalue weighted by molar-refractivity contribution is 1.29. The Morgan fingerprint density at radius 3 is 2.11 bits per heavy atom. The third-order valence-corrected chi connectivity index (χ3v) is 1.16. The Kier molecular flexibility index (Phi) is 1.43. The second-order valence-electron chi connectivity index (χ2n) is 1.81. The number of hydrogen-bond acceptors (Lipinski definition) is 1. The predicted octanol–water partition coefficient (Wildman–Crippen LogP) is -2.29. The molecule has 0 unspecified atom stereocenters. The first-order chi connectivity index (χ1) is 4.13. The summed E-state index contributed by atoms with van der Waals surface area (Å²) in [6.45, 7) is 1.75. The number of aryl methyl sites for hydroxylation is 1. The van der Waals surface area contributed by atoms with E-state index in [0.29, 0.717) is 11.3 Å². The van der Waals surface area contributed by atoms with Crippen LogP contribution in [0.4, 0.5) is 0 Å². The monoisotopic (exact) mass is 112 g/mol. The zero-order valence-electron chi connectivity index (χ0n) is 5.13. The summed E-state index contributed by atoms with van der Waals surface area (Å²) in [5.74, 6) is 0. The first kappa shape index (κ1) is 6.52. The molecule has 0 fully saturated rings. The molecule has 38 valence electrons. The Balaban J connectivity index is 3.29. The molecule has 1 aromatic heterocycles. The van der Waals surface area contributed by atoms with Crippen molar-refractivity contribution in [3.8, 4) is 0 Å². The van der Waals surface area contributed by atoms with Gasteiger partial charge < -0.3 is 4.48 Å². The van der Waals surface area contributed by atoms with E-state index in [9.17, 15) is 0 Å². The minimum atomic E-state index is 0.241. The van der Waals surface area contributed by atoms with Crippen LogP contribution in [0.15, 0.2) is 0 Å². The smallest absolute Gasteiger partial charge is 0.233 e. The van der Waals surface area contributed by atoms with Crippen molar-refractivity contribution >= 4 is 35.0 Å². The summed E-state index contributed by atoms with van der Waals surface area (Å²) in [7, 11) is 16.0. The van der Waals surface area contributed by atoms with Crippen molar-refractivity contribution in [3.63, 3.8) is 0 Å². The van der Waals surface area contributed by atoms with E-state index in [-0.39, 0.29) is 5.72 Å². The summed E-state index contributed by atoms with van der Waals surface area (Å²) in [5.41, 5.74) is 1.31. The standard InChI is InChI=1S/C4H3B3N2/c1-2-3(5)9(7)4(6)8-2/h1H3. The first-order valence-corrected chi connectivity index (χ1v) is 2.48. The molecule has 1 heterocycles. The number of rotatable bonds is 0. The van der Waals surface area contributed by atoms with Crippen molar-refractivity contribution < 1.29 is 0 Å². The second-order valence-corrected chi connectivity index (χ2v) is 1.81. The highest BCUT2D eigenvalue weighted by molar-refractivity contribution is 6.40. The third kappa shape index (κ3) is 0.912. The molecule has 0 aliphatic heterocycles. The van der Waals surface area contributed by atoms with E-state index in [4.69, 9.17) is 23.7 Å². The van der Waals surface area contributed by atoms with E-state index in [2.05, 4.69) is 4.98 Å². The summed E-state index contributed by atoms with van der Waals surface area (Å²) < 4.78 is 1.15. The lowest BCUT2D eigenvalue weighted by Gasteiger charge is -1.96. The number of imidazole rings is 1. The van der Waals surface area contributed by atoms with Crippen LogP contribution in [0.1, 0.15) is 5.69 Å². The fourth-order valence-electron chi connectivity index (χ4n) is 0.581. The van der Waals surface area contributed by atoms with E-state index < -0.39 is 0 Å². The molecule has 6 radical (unpaired) electrons. The summed E-state index contributed by atoms with van der Waals surface area (Å²) in [5, 5.41) is 0. The Morgan fingerprint density at radius 1 is 1.44 bits per heavy atom. The van der Waals surface area contributed by atoms with Gasteiger partial charge in [-0.25, -0.2) is 0 Å². The van der Waals surface area contributed by atoms with Crippen LogP contribution in [-0.4, -0.2) is 33.1 Å². The van der Waals surface area contributed by atoms with E-state index in [1.807, 2.05) is 0 Å². The molecule has 5 heteroatoms. The molecule has 0 aromatic carbocycles. The molecule has 0 aliphatic rings. The summed E-state index contributed by atoms with van der Waals surface area (Å²) >= 11 is 0. The molecule has 1 rings (SSSR count). The van der Waals surface area contributed by atoms with Gasteiger partial charge in [0.25, 0.3) is 0 Å². The van der Waals surface area contributed by atoms with Crippen molar-refractivity contribution in [1.82, 2.24) is 9.46 Å². The maximum Gasteiger partial charge on any atom is 0.233 e. The first-order valence-electron chi connectivity index (χ1n) is 2.48. The Labute approximate surface area is 57.9 Å². The van der Waals surface area contributed by atoms with Gasteiger partial charge >= 0.3 is 0 Å². The van der Waals surface area contributed by atoms with E-state index in [0.717, 1.165) is 4.48 Å². The van der Waals surface area contributed by atoms with Crippen molar-refractivity contribution in [1.29, 1.82) is 0 Å². The van der Waals surface area contributed by atoms with Crippen LogP contribution in [0, 0.1) is 6.92 Å². The van der Waals surface area contributed by atoms with Gasteiger partial charge in [0, 0.05) is 11.4 Å². The lowest BCUT2D eigenvalue weighted by Crippen LogP contribution is -2.26. The van der Waals surface area contributed by atoms with Gasteiger partial charge in [0.05, 0.1) is 0 Å². The van der Waals surface area contributed by atoms with Crippen LogP contribution in [0.2, 0.25) is 0 Å². The average Bonchev–Trinajstić information content (AvgIpc) is 1.98. The Morgan fingerprint density at radius 2 is 2.00 bits per heavy atom. The van der Waals surface area contributed by atoms with Crippen LogP contribution in [-0.2, 0) is 0 Å². The molecule has 2 nitrogen and oxygen atoms in total. The van der Waals surface area contributed by atoms with Crippen LogP contribution in [0.5, 0.6) is 0 Å². The molecular formula is C4H3B3N2. The van der Waals surface area contributed by atoms with Gasteiger partial charge in [-0.1, -0.05) is 0 Å². The van der Waals surface area contributed by atoms with E-state index in [1.54, 1.807) is 6.92 Å². The number of nitrogens with zero attached hydrogens (tertiary/aromatic N) is 2. The zero-order valence-corrected chi connectivity index (χ0v) is 5.13. The molecule has 1 aromatic rings. The molecular weight excluding hydrogens is 108 g/mol. The quantitative estimate of drug-likeness (QED) is 0.345. The van der Waals surface area contributed by atoms with Gasteiger partial charge in [0.1, 0.15) is 7.85 Å². The van der Waals surface area contributed by atoms with Gasteiger partial charge in [0.15, 0.2) is 7.85 Å². The van der Waals surface area contributed by atoms with Crippen LogP contribution in [0.3, 0.4) is 0 Å². The molecule has 9 heavy (non-hydrogen) atoms. The summed E-state index contributed by atoms with van der Waals surface area (Å²) in [4.78, 5) is 3.80. The van der Waals surface area contributed by atoms with Crippen molar-refractivity contribution in [2.75, 3.05) is 0 Å². The van der Waals surface area contributed by atoms with E-state index >= 15 is 0 Å². The predicted molar refractivity (Wildman–Crippen MR) is 38.9 cm³/mol. The third-order valence-electron chi connectivity index (χ3n) is 1.16. The highest BCUT2D eigenvalue weighted by atomic mass is 15.0. The maximum atomic E-state index is 5.40. The molecule has 0 spiro atoms. The SMILES string of the molecule is [B]c1nc(C)c([B])n1[B]. The summed E-state index contributed by atoms with van der Waals surface area (Å²) in [6.07, 6.45) is 0. The minimum Gasteiger partial charge on any atom is -0.406 e. The second kappa shape index (κ2) is 1.97. The average molecular weight is 112 g/mol. The highest BCUT2D eigenvalue weighted by Crippen LogP contribution is 1.79. The molecule has 0 aliphatic carbocycles. The number of hydrogen-bond donors (Lipinski definition) is 0. The van der Waals surface area contributed by atoms with Gasteiger partial charge in [-0.05, 0) is 12.5 Å². The van der Waals surface area contributed by atoms with Crippen LogP contribution in [0.25, 0.3) is 0 Å². The molecule has 0 saturated heterocycles. The maximum absolute atomic E-state index is 5.40. The van der Waals surface area contributed by atoms with Crippen molar-refractivity contribution in [2.45, 2.75) is 6.92 Å². The number of aromatic nitrogens is 2. The van der Waals surface area contributed by atoms with E-state index in [1.165, 1.54) is 0 Å². The fraction of sp³-hybridized carbons (Fsp3) is 0.250. The van der Waals surface area contributed by atoms with Gasteiger partial charge in [-0.2, -0.15) is 0 Å². The Bertz CT molecular complexity index is 207. The minimum absolute atomic E-state index is 0.241. The van der Waals surface area contributed by atoms with Crippen LogP contribution < -0.4 is 11.3 Å². The molecule has 0 bridgehead atoms. The zero-order chi connectivity index (χ0) is 7.02. The van der Waals surface area contributed by atoms with Gasteiger partial charge in [-0.15, -0.1) is 0 Å². The molecule has 0 atom stereocenters. The summed E-state index contributed by atoms with van der Waals surface area (Å²) in [6, 6.07) is 0. The Hall–Kier alpha value is -0.595. The molecule has 0 amide bonds. The van der Waals surface area contributed by atoms with Gasteiger partial charge in [0.2, 0.25) is 7.98 Å². The van der Waals surface area contributed by atoms with Crippen LogP contribution >= 0.6 is 0 Å².